The van der Waals surface area contributed by atoms with Crippen molar-refractivity contribution in [1.82, 2.24) is 5.32 Å². The minimum absolute atomic E-state index is 0.152. The molecule has 1 saturated carbocycles. The van der Waals surface area contributed by atoms with Gasteiger partial charge >= 0.3 is 0 Å². The molecule has 2 atom stereocenters. The van der Waals surface area contributed by atoms with Crippen LogP contribution in [0.3, 0.4) is 0 Å². The Morgan fingerprint density at radius 3 is 2.93 bits per heavy atom. The van der Waals surface area contributed by atoms with Gasteiger partial charge in [-0.15, -0.1) is 11.3 Å². The molecule has 2 unspecified atom stereocenters. The molecule has 0 bridgehead atoms. The molecule has 1 fully saturated rings. The van der Waals surface area contributed by atoms with E-state index in [0.29, 0.717) is 0 Å². The molecular formula is C11H16BrNOS. The van der Waals surface area contributed by atoms with Crippen molar-refractivity contribution in [2.24, 2.45) is 0 Å². The highest BCUT2D eigenvalue weighted by Gasteiger charge is 2.22. The maximum atomic E-state index is 9.78. The lowest BCUT2D eigenvalue weighted by molar-refractivity contribution is 0.0903. The quantitative estimate of drug-likeness (QED) is 0.897. The molecule has 0 spiro atoms. The number of hydrogen-bond acceptors (Lipinski definition) is 3. The fourth-order valence-electron chi connectivity index (χ4n) is 2.04. The first-order chi connectivity index (χ1) is 7.25. The first kappa shape index (κ1) is 11.6. The van der Waals surface area contributed by atoms with Gasteiger partial charge in [0.1, 0.15) is 0 Å². The first-order valence-corrected chi connectivity index (χ1v) is 7.07. The number of rotatable bonds is 3. The van der Waals surface area contributed by atoms with Gasteiger partial charge in [0.25, 0.3) is 0 Å². The molecule has 0 aliphatic heterocycles. The topological polar surface area (TPSA) is 32.3 Å². The van der Waals surface area contributed by atoms with Gasteiger partial charge < -0.3 is 10.4 Å². The standard InChI is InChI=1S/C11H16BrNOS/c12-11-5-8(7-15-11)6-13-9-3-1-2-4-10(9)14/h5,7,9-10,13-14H,1-4,6H2. The number of aliphatic hydroxyl groups excluding tert-OH is 1. The van der Waals surface area contributed by atoms with Crippen LogP contribution < -0.4 is 5.32 Å². The zero-order chi connectivity index (χ0) is 10.7. The summed E-state index contributed by atoms with van der Waals surface area (Å²) in [5, 5.41) is 15.4. The van der Waals surface area contributed by atoms with Crippen LogP contribution in [-0.4, -0.2) is 17.3 Å². The molecule has 0 amide bonds. The van der Waals surface area contributed by atoms with Crippen LogP contribution in [0.25, 0.3) is 0 Å². The third-order valence-electron chi connectivity index (χ3n) is 2.92. The molecule has 15 heavy (non-hydrogen) atoms. The average Bonchev–Trinajstić information content (AvgIpc) is 2.63. The molecule has 2 N–H and O–H groups in total. The Balaban J connectivity index is 1.81. The number of thiophene rings is 1. The maximum absolute atomic E-state index is 9.78. The molecule has 1 aromatic rings. The van der Waals surface area contributed by atoms with Gasteiger partial charge in [0.05, 0.1) is 9.89 Å². The largest absolute Gasteiger partial charge is 0.392 e. The van der Waals surface area contributed by atoms with Gasteiger partial charge in [0.2, 0.25) is 0 Å². The monoisotopic (exact) mass is 289 g/mol. The summed E-state index contributed by atoms with van der Waals surface area (Å²) < 4.78 is 1.17. The van der Waals surface area contributed by atoms with Crippen molar-refractivity contribution in [1.29, 1.82) is 0 Å². The maximum Gasteiger partial charge on any atom is 0.0701 e. The average molecular weight is 290 g/mol. The van der Waals surface area contributed by atoms with Crippen LogP contribution in [0.2, 0.25) is 0 Å². The van der Waals surface area contributed by atoms with E-state index in [0.717, 1.165) is 19.4 Å². The zero-order valence-corrected chi connectivity index (χ0v) is 11.0. The predicted molar refractivity (Wildman–Crippen MR) is 67.1 cm³/mol. The number of halogens is 1. The smallest absolute Gasteiger partial charge is 0.0701 e. The SMILES string of the molecule is OC1CCCCC1NCc1csc(Br)c1. The zero-order valence-electron chi connectivity index (χ0n) is 8.58. The minimum atomic E-state index is -0.152. The number of hydrogen-bond donors (Lipinski definition) is 2. The van der Waals surface area contributed by atoms with Crippen molar-refractivity contribution in [2.45, 2.75) is 44.4 Å². The summed E-state index contributed by atoms with van der Waals surface area (Å²) in [7, 11) is 0. The highest BCUT2D eigenvalue weighted by atomic mass is 79.9. The molecule has 0 aromatic carbocycles. The summed E-state index contributed by atoms with van der Waals surface area (Å²) in [4.78, 5) is 0. The summed E-state index contributed by atoms with van der Waals surface area (Å²) >= 11 is 5.16. The first-order valence-electron chi connectivity index (χ1n) is 5.40. The Hall–Kier alpha value is 0.100. The van der Waals surface area contributed by atoms with Crippen molar-refractivity contribution in [3.63, 3.8) is 0 Å². The summed E-state index contributed by atoms with van der Waals surface area (Å²) in [6.07, 6.45) is 4.31. The molecule has 2 nitrogen and oxygen atoms in total. The van der Waals surface area contributed by atoms with Crippen LogP contribution in [0.5, 0.6) is 0 Å². The minimum Gasteiger partial charge on any atom is -0.392 e. The van der Waals surface area contributed by atoms with E-state index in [1.165, 1.54) is 22.2 Å². The Morgan fingerprint density at radius 1 is 1.47 bits per heavy atom. The molecule has 2 rings (SSSR count). The van der Waals surface area contributed by atoms with E-state index in [1.54, 1.807) is 11.3 Å². The number of nitrogens with one attached hydrogen (secondary N) is 1. The summed E-state index contributed by atoms with van der Waals surface area (Å²) in [6, 6.07) is 2.42. The molecule has 84 valence electrons. The van der Waals surface area contributed by atoms with Crippen molar-refractivity contribution in [2.75, 3.05) is 0 Å². The molecule has 1 aromatic heterocycles. The van der Waals surface area contributed by atoms with E-state index in [1.807, 2.05) is 0 Å². The van der Waals surface area contributed by atoms with Crippen molar-refractivity contribution >= 4 is 27.3 Å². The Morgan fingerprint density at radius 2 is 2.27 bits per heavy atom. The Labute approximate surface area is 103 Å². The molecule has 0 saturated heterocycles. The van der Waals surface area contributed by atoms with Gasteiger partial charge in [0, 0.05) is 12.6 Å². The summed E-state index contributed by atoms with van der Waals surface area (Å²) in [6.45, 7) is 0.865. The van der Waals surface area contributed by atoms with Gasteiger partial charge in [0.15, 0.2) is 0 Å². The van der Waals surface area contributed by atoms with E-state index in [9.17, 15) is 5.11 Å². The van der Waals surface area contributed by atoms with Gasteiger partial charge in [-0.25, -0.2) is 0 Å². The second-order valence-electron chi connectivity index (χ2n) is 4.10. The fourth-order valence-corrected chi connectivity index (χ4v) is 3.25. The number of aliphatic hydroxyl groups is 1. The Bertz CT molecular complexity index is 315. The molecule has 1 aliphatic carbocycles. The highest BCUT2D eigenvalue weighted by Crippen LogP contribution is 2.22. The van der Waals surface area contributed by atoms with Crippen LogP contribution in [0.4, 0.5) is 0 Å². The lowest BCUT2D eigenvalue weighted by Crippen LogP contribution is -2.41. The third-order valence-corrected chi connectivity index (χ3v) is 4.47. The lowest BCUT2D eigenvalue weighted by Gasteiger charge is -2.28. The van der Waals surface area contributed by atoms with Crippen LogP contribution in [0.15, 0.2) is 15.2 Å². The van der Waals surface area contributed by atoms with Crippen LogP contribution in [-0.2, 0) is 6.54 Å². The van der Waals surface area contributed by atoms with E-state index >= 15 is 0 Å². The van der Waals surface area contributed by atoms with Crippen molar-refractivity contribution < 1.29 is 5.11 Å². The van der Waals surface area contributed by atoms with Gasteiger partial charge in [-0.1, -0.05) is 12.8 Å². The van der Waals surface area contributed by atoms with Crippen LogP contribution in [0, 0.1) is 0 Å². The van der Waals surface area contributed by atoms with E-state index < -0.39 is 0 Å². The second kappa shape index (κ2) is 5.43. The lowest BCUT2D eigenvalue weighted by atomic mass is 9.92. The molecule has 4 heteroatoms. The van der Waals surface area contributed by atoms with Crippen molar-refractivity contribution in [3.05, 3.63) is 20.8 Å². The van der Waals surface area contributed by atoms with Gasteiger partial charge in [-0.05, 0) is 45.8 Å². The van der Waals surface area contributed by atoms with Gasteiger partial charge in [-0.2, -0.15) is 0 Å². The Kier molecular flexibility index (Phi) is 4.20. The molecular weight excluding hydrogens is 274 g/mol. The van der Waals surface area contributed by atoms with Crippen LogP contribution in [0.1, 0.15) is 31.2 Å². The van der Waals surface area contributed by atoms with Gasteiger partial charge in [-0.3, -0.25) is 0 Å². The van der Waals surface area contributed by atoms with Crippen LogP contribution >= 0.6 is 27.3 Å². The highest BCUT2D eigenvalue weighted by molar-refractivity contribution is 9.11. The normalized spacial score (nSPS) is 26.8. The van der Waals surface area contributed by atoms with E-state index in [-0.39, 0.29) is 12.1 Å². The molecule has 1 aliphatic rings. The van der Waals surface area contributed by atoms with E-state index in [4.69, 9.17) is 0 Å². The summed E-state index contributed by atoms with van der Waals surface area (Å²) in [5.41, 5.74) is 1.30. The fraction of sp³-hybridized carbons (Fsp3) is 0.636. The van der Waals surface area contributed by atoms with Crippen molar-refractivity contribution in [3.8, 4) is 0 Å². The predicted octanol–water partition coefficient (Wildman–Crippen LogP) is 2.90. The van der Waals surface area contributed by atoms with E-state index in [2.05, 4.69) is 32.7 Å². The second-order valence-corrected chi connectivity index (χ2v) is 6.39. The molecule has 1 heterocycles. The third kappa shape index (κ3) is 3.28. The summed E-state index contributed by atoms with van der Waals surface area (Å²) in [5.74, 6) is 0. The molecule has 0 radical (unpaired) electrons.